The summed E-state index contributed by atoms with van der Waals surface area (Å²) < 4.78 is 10.7. The molecule has 0 fully saturated rings. The third kappa shape index (κ3) is 3.75. The van der Waals surface area contributed by atoms with Crippen LogP contribution in [0.4, 0.5) is 0 Å². The first-order chi connectivity index (χ1) is 10.8. The Morgan fingerprint density at radius 2 is 1.39 bits per heavy atom. The summed E-state index contributed by atoms with van der Waals surface area (Å²) in [7, 11) is 0. The van der Waals surface area contributed by atoms with Crippen LogP contribution in [-0.4, -0.2) is 17.7 Å². The van der Waals surface area contributed by atoms with Crippen molar-refractivity contribution in [3.8, 4) is 11.5 Å². The van der Waals surface area contributed by atoms with Crippen LogP contribution in [-0.2, 0) is 14.4 Å². The van der Waals surface area contributed by atoms with Crippen LogP contribution in [0.15, 0.2) is 31.9 Å². The van der Waals surface area contributed by atoms with Gasteiger partial charge in [0.2, 0.25) is 5.70 Å². The van der Waals surface area contributed by atoms with Crippen LogP contribution in [0.25, 0.3) is 4.85 Å². The monoisotopic (exact) mass is 349 g/mol. The van der Waals surface area contributed by atoms with E-state index in [-0.39, 0.29) is 11.5 Å². The smallest absolute Gasteiger partial charge is 0.308 e. The number of Topliss-reactive ketones (excluding diaryl/α,β-unsaturated/α-hetero) is 1. The summed E-state index contributed by atoms with van der Waals surface area (Å²) in [6, 6.07) is 3.03. The topological polar surface area (TPSA) is 74.0 Å². The third-order valence-corrected chi connectivity index (χ3v) is 5.18. The quantitative estimate of drug-likeness (QED) is 0.358. The molecule has 2 rings (SSSR count). The minimum atomic E-state index is -0.493. The molecule has 0 bridgehead atoms. The fourth-order valence-electron chi connectivity index (χ4n) is 1.76. The van der Waals surface area contributed by atoms with E-state index < -0.39 is 11.9 Å². The van der Waals surface area contributed by atoms with Crippen LogP contribution in [0, 0.1) is 6.57 Å². The lowest BCUT2D eigenvalue weighted by atomic mass is 10.3. The predicted octanol–water partition coefficient (Wildman–Crippen LogP) is 3.41. The maximum Gasteiger partial charge on any atom is 0.308 e. The van der Waals surface area contributed by atoms with Gasteiger partial charge in [-0.25, -0.2) is 4.85 Å². The van der Waals surface area contributed by atoms with E-state index in [0.717, 1.165) is 23.5 Å². The fraction of sp³-hybridized carbons (Fsp3) is 0.200. The summed E-state index contributed by atoms with van der Waals surface area (Å²) in [5, 5.41) is 0. The van der Waals surface area contributed by atoms with E-state index in [1.54, 1.807) is 0 Å². The number of allylic oxidation sites excluding steroid dienone is 1. The zero-order valence-electron chi connectivity index (χ0n) is 12.5. The van der Waals surface area contributed by atoms with Crippen LogP contribution in [0.3, 0.4) is 0 Å². The molecule has 0 aromatic heterocycles. The van der Waals surface area contributed by atoms with Crippen LogP contribution >= 0.6 is 23.5 Å². The van der Waals surface area contributed by atoms with E-state index in [2.05, 4.69) is 4.85 Å². The van der Waals surface area contributed by atoms with Crippen LogP contribution in [0.2, 0.25) is 0 Å². The third-order valence-electron chi connectivity index (χ3n) is 2.58. The molecule has 0 aliphatic carbocycles. The Morgan fingerprint density at radius 3 is 1.70 bits per heavy atom. The second kappa shape index (κ2) is 6.89. The van der Waals surface area contributed by atoms with Gasteiger partial charge in [-0.05, 0) is 19.1 Å². The molecule has 118 valence electrons. The van der Waals surface area contributed by atoms with Crippen molar-refractivity contribution in [1.82, 2.24) is 0 Å². The molecule has 6 nitrogen and oxygen atoms in total. The number of hydrogen-bond donors (Lipinski definition) is 0. The van der Waals surface area contributed by atoms with Crippen molar-refractivity contribution in [2.75, 3.05) is 0 Å². The molecular formula is C15H11NO5S2. The lowest BCUT2D eigenvalue weighted by Crippen LogP contribution is -2.05. The number of ketones is 1. The summed E-state index contributed by atoms with van der Waals surface area (Å²) in [5.74, 6) is -0.752. The number of rotatable bonds is 3. The van der Waals surface area contributed by atoms with E-state index in [1.807, 2.05) is 0 Å². The SMILES string of the molecule is [C-]#[N+]C(C(C)=O)=C1Sc2c(OC(C)=O)ccc(OC(C)=O)c2S1. The van der Waals surface area contributed by atoms with Gasteiger partial charge >= 0.3 is 11.9 Å². The van der Waals surface area contributed by atoms with Crippen LogP contribution in [0.5, 0.6) is 11.5 Å². The number of fused-ring (bicyclic) bond motifs is 1. The molecule has 0 amide bonds. The van der Waals surface area contributed by atoms with Crippen molar-refractivity contribution in [2.24, 2.45) is 0 Å². The Balaban J connectivity index is 2.56. The second-order valence-electron chi connectivity index (χ2n) is 4.42. The predicted molar refractivity (Wildman–Crippen MR) is 85.1 cm³/mol. The lowest BCUT2D eigenvalue weighted by molar-refractivity contribution is -0.133. The van der Waals surface area contributed by atoms with Gasteiger partial charge in [-0.3, -0.25) is 9.59 Å². The maximum atomic E-state index is 11.6. The van der Waals surface area contributed by atoms with Gasteiger partial charge in [-0.15, -0.1) is 0 Å². The summed E-state index contributed by atoms with van der Waals surface area (Å²) >= 11 is 2.29. The van der Waals surface area contributed by atoms with E-state index in [9.17, 15) is 14.4 Å². The maximum absolute atomic E-state index is 11.6. The number of hydrogen-bond acceptors (Lipinski definition) is 7. The Hall–Kier alpha value is -2.24. The molecule has 1 aromatic carbocycles. The number of benzene rings is 1. The average molecular weight is 349 g/mol. The summed E-state index contributed by atoms with van der Waals surface area (Å²) in [4.78, 5) is 38.3. The Labute approximate surface area is 141 Å². The van der Waals surface area contributed by atoms with Crippen LogP contribution < -0.4 is 9.47 Å². The highest BCUT2D eigenvalue weighted by Gasteiger charge is 2.30. The van der Waals surface area contributed by atoms with Gasteiger partial charge in [0.1, 0.15) is 11.5 Å². The van der Waals surface area contributed by atoms with Gasteiger partial charge < -0.3 is 14.3 Å². The van der Waals surface area contributed by atoms with Gasteiger partial charge in [0, 0.05) is 13.8 Å². The normalized spacial score (nSPS) is 12.2. The van der Waals surface area contributed by atoms with Crippen molar-refractivity contribution in [2.45, 2.75) is 30.6 Å². The Morgan fingerprint density at radius 1 is 0.957 bits per heavy atom. The highest BCUT2D eigenvalue weighted by Crippen LogP contribution is 2.59. The zero-order chi connectivity index (χ0) is 17.1. The van der Waals surface area contributed by atoms with E-state index in [1.165, 1.54) is 32.9 Å². The first-order valence-electron chi connectivity index (χ1n) is 6.35. The molecule has 0 spiro atoms. The number of thioether (sulfide) groups is 2. The highest BCUT2D eigenvalue weighted by atomic mass is 32.2. The van der Waals surface area contributed by atoms with E-state index in [0.29, 0.717) is 25.5 Å². The lowest BCUT2D eigenvalue weighted by Gasteiger charge is -2.10. The summed E-state index contributed by atoms with van der Waals surface area (Å²) in [6.45, 7) is 11.0. The molecule has 0 saturated carbocycles. The van der Waals surface area contributed by atoms with Crippen molar-refractivity contribution in [3.63, 3.8) is 0 Å². The van der Waals surface area contributed by atoms with Crippen molar-refractivity contribution >= 4 is 41.2 Å². The molecule has 23 heavy (non-hydrogen) atoms. The van der Waals surface area contributed by atoms with Gasteiger partial charge in [0.25, 0.3) is 0 Å². The molecule has 0 saturated heterocycles. The van der Waals surface area contributed by atoms with Crippen molar-refractivity contribution in [3.05, 3.63) is 33.5 Å². The molecular weight excluding hydrogens is 338 g/mol. The zero-order valence-corrected chi connectivity index (χ0v) is 14.1. The minimum absolute atomic E-state index is 0.00116. The van der Waals surface area contributed by atoms with E-state index in [4.69, 9.17) is 16.0 Å². The number of nitrogens with zero attached hydrogens (tertiary/aromatic N) is 1. The molecule has 1 aliphatic rings. The summed E-state index contributed by atoms with van der Waals surface area (Å²) in [5.41, 5.74) is -0.00116. The molecule has 1 aliphatic heterocycles. The molecule has 1 heterocycles. The Bertz CT molecular complexity index is 745. The molecule has 0 atom stereocenters. The number of carbonyl (C=O) groups excluding carboxylic acids is 3. The number of esters is 2. The van der Waals surface area contributed by atoms with Gasteiger partial charge in [0.15, 0.2) is 5.78 Å². The van der Waals surface area contributed by atoms with Gasteiger partial charge in [-0.2, -0.15) is 0 Å². The van der Waals surface area contributed by atoms with Crippen molar-refractivity contribution < 1.29 is 23.9 Å². The molecule has 8 heteroatoms. The molecule has 1 aromatic rings. The standard InChI is InChI=1S/C15H11NO5S2/c1-7(17)12(16-4)15-22-13-10(20-8(2)18)5-6-11(14(13)23-15)21-9(3)19/h5-6H,1-3H3. The van der Waals surface area contributed by atoms with Gasteiger partial charge in [-0.1, -0.05) is 23.5 Å². The number of carbonyl (C=O) groups is 3. The van der Waals surface area contributed by atoms with Crippen LogP contribution in [0.1, 0.15) is 20.8 Å². The Kier molecular flexibility index (Phi) is 5.13. The fourth-order valence-corrected chi connectivity index (χ4v) is 4.43. The van der Waals surface area contributed by atoms with E-state index >= 15 is 0 Å². The first-order valence-corrected chi connectivity index (χ1v) is 7.99. The molecule has 0 radical (unpaired) electrons. The molecule has 0 N–H and O–H groups in total. The summed E-state index contributed by atoms with van der Waals surface area (Å²) in [6.07, 6.45) is 0. The molecule has 0 unspecified atom stereocenters. The average Bonchev–Trinajstić information content (AvgIpc) is 2.86. The second-order valence-corrected chi connectivity index (χ2v) is 6.72. The highest BCUT2D eigenvalue weighted by molar-refractivity contribution is 8.24. The minimum Gasteiger partial charge on any atom is -0.425 e. The van der Waals surface area contributed by atoms with Crippen molar-refractivity contribution in [1.29, 1.82) is 0 Å². The largest absolute Gasteiger partial charge is 0.425 e. The number of ether oxygens (including phenoxy) is 2. The first kappa shape index (κ1) is 17.1. The van der Waals surface area contributed by atoms with Gasteiger partial charge in [0.05, 0.1) is 20.6 Å².